The molecule has 8 nitrogen and oxygen atoms in total. The fourth-order valence-corrected chi connectivity index (χ4v) is 6.35. The van der Waals surface area contributed by atoms with Gasteiger partial charge in [-0.25, -0.2) is 14.4 Å². The fraction of sp³-hybridized carbons (Fsp3) is 0.500. The summed E-state index contributed by atoms with van der Waals surface area (Å²) < 4.78 is 34.7. The molecule has 0 amide bonds. The van der Waals surface area contributed by atoms with Gasteiger partial charge in [0.25, 0.3) is 5.95 Å². The van der Waals surface area contributed by atoms with Crippen molar-refractivity contribution in [1.82, 2.24) is 25.5 Å². The number of halogens is 2. The molecule has 3 aromatic rings. The van der Waals surface area contributed by atoms with E-state index in [1.54, 1.807) is 24.4 Å². The highest BCUT2D eigenvalue weighted by molar-refractivity contribution is 5.74. The number of piperidine rings is 2. The number of fused-ring (bicyclic) bond motifs is 2. The Morgan fingerprint density at radius 2 is 1.89 bits per heavy atom. The second-order valence-corrected chi connectivity index (χ2v) is 11.4. The maximum absolute atomic E-state index is 16.0. The van der Waals surface area contributed by atoms with Crippen molar-refractivity contribution in [1.29, 1.82) is 0 Å². The summed E-state index contributed by atoms with van der Waals surface area (Å²) >= 11 is 0. The number of pyridine rings is 1. The van der Waals surface area contributed by atoms with Crippen molar-refractivity contribution in [3.8, 4) is 33.9 Å². The SMILES string of the molecule is COc1cc(-c2ccc(-c3cnc(N(C4CC4)[C@@H]4C[C@@]5(C)CCC[C@](C)(N5)[C@@H]4F)nn3)c(O)c2)cnc1F. The zero-order valence-electron chi connectivity index (χ0n) is 21.8. The number of hydrogen-bond acceptors (Lipinski definition) is 8. The van der Waals surface area contributed by atoms with Crippen LogP contribution in [0, 0.1) is 5.95 Å². The van der Waals surface area contributed by atoms with Gasteiger partial charge in [-0.05, 0) is 76.1 Å². The monoisotopic (exact) mass is 522 g/mol. The molecule has 38 heavy (non-hydrogen) atoms. The average Bonchev–Trinajstić information content (AvgIpc) is 3.73. The lowest BCUT2D eigenvalue weighted by atomic mass is 9.68. The van der Waals surface area contributed by atoms with Crippen LogP contribution < -0.4 is 15.0 Å². The first-order chi connectivity index (χ1) is 18.2. The summed E-state index contributed by atoms with van der Waals surface area (Å²) in [6.07, 6.45) is 7.44. The molecule has 10 heteroatoms. The van der Waals surface area contributed by atoms with Crippen molar-refractivity contribution < 1.29 is 18.6 Å². The normalized spacial score (nSPS) is 28.7. The minimum atomic E-state index is -1.05. The third kappa shape index (κ3) is 4.34. The molecule has 2 aliphatic heterocycles. The van der Waals surface area contributed by atoms with Gasteiger partial charge in [0.05, 0.1) is 19.3 Å². The summed E-state index contributed by atoms with van der Waals surface area (Å²) in [5, 5.41) is 23.2. The number of aromatic hydroxyl groups is 1. The second kappa shape index (κ2) is 9.11. The summed E-state index contributed by atoms with van der Waals surface area (Å²) in [5.74, 6) is -0.275. The number of aromatic nitrogens is 4. The van der Waals surface area contributed by atoms with E-state index in [4.69, 9.17) is 4.74 Å². The lowest BCUT2D eigenvalue weighted by Gasteiger charge is -2.57. The van der Waals surface area contributed by atoms with Crippen LogP contribution in [0.25, 0.3) is 22.4 Å². The molecule has 0 spiro atoms. The number of nitrogens with zero attached hydrogens (tertiary/aromatic N) is 5. The average molecular weight is 523 g/mol. The zero-order chi connectivity index (χ0) is 26.7. The van der Waals surface area contributed by atoms with E-state index in [-0.39, 0.29) is 29.1 Å². The van der Waals surface area contributed by atoms with Crippen LogP contribution in [0.5, 0.6) is 11.5 Å². The number of hydrogen-bond donors (Lipinski definition) is 2. The smallest absolute Gasteiger partial charge is 0.255 e. The number of ether oxygens (including phenoxy) is 1. The Labute approximate surface area is 220 Å². The second-order valence-electron chi connectivity index (χ2n) is 11.4. The van der Waals surface area contributed by atoms with Crippen molar-refractivity contribution >= 4 is 5.95 Å². The van der Waals surface area contributed by atoms with Crippen LogP contribution in [0.3, 0.4) is 0 Å². The van der Waals surface area contributed by atoms with Crippen molar-refractivity contribution in [2.24, 2.45) is 0 Å². The number of nitrogens with one attached hydrogen (secondary N) is 1. The van der Waals surface area contributed by atoms with Gasteiger partial charge in [-0.15, -0.1) is 10.2 Å². The fourth-order valence-electron chi connectivity index (χ4n) is 6.35. The van der Waals surface area contributed by atoms with Crippen LogP contribution in [0.2, 0.25) is 0 Å². The molecule has 3 aliphatic rings. The van der Waals surface area contributed by atoms with Crippen molar-refractivity contribution in [2.75, 3.05) is 12.0 Å². The molecule has 200 valence electrons. The molecular weight excluding hydrogens is 490 g/mol. The number of alkyl halides is 1. The van der Waals surface area contributed by atoms with Gasteiger partial charge in [-0.2, -0.15) is 4.39 Å². The quantitative estimate of drug-likeness (QED) is 0.445. The van der Waals surface area contributed by atoms with Gasteiger partial charge in [0.1, 0.15) is 17.6 Å². The molecule has 2 aromatic heterocycles. The van der Waals surface area contributed by atoms with Gasteiger partial charge in [-0.1, -0.05) is 6.07 Å². The van der Waals surface area contributed by atoms with Crippen LogP contribution in [-0.4, -0.2) is 61.7 Å². The Bertz CT molecular complexity index is 1350. The largest absolute Gasteiger partial charge is 0.507 e. The van der Waals surface area contributed by atoms with Crippen LogP contribution in [0.1, 0.15) is 52.4 Å². The van der Waals surface area contributed by atoms with E-state index in [1.807, 2.05) is 6.92 Å². The van der Waals surface area contributed by atoms with Crippen LogP contribution >= 0.6 is 0 Å². The maximum Gasteiger partial charge on any atom is 0.255 e. The molecule has 1 aromatic carbocycles. The molecule has 2 saturated heterocycles. The standard InChI is InChI=1S/C28H32F2N6O2/c1-27-9-4-10-28(2,35-27)24(29)21(13-27)36(18-6-7-18)26-32-15-20(33-34-26)19-8-5-16(11-22(19)37)17-12-23(38-3)25(30)31-14-17/h5,8,11-12,14-15,18,21,24,35,37H,4,6-7,9-10,13H2,1-3H3/t21-,24-,27-,28+/m1/s1. The van der Waals surface area contributed by atoms with E-state index in [0.717, 1.165) is 32.1 Å². The van der Waals surface area contributed by atoms with E-state index in [1.165, 1.54) is 19.4 Å². The third-order valence-electron chi connectivity index (χ3n) is 8.33. The molecule has 0 radical (unpaired) electrons. The summed E-state index contributed by atoms with van der Waals surface area (Å²) in [7, 11) is 1.37. The van der Waals surface area contributed by atoms with Crippen molar-refractivity contribution in [2.45, 2.75) is 81.7 Å². The maximum atomic E-state index is 16.0. The van der Waals surface area contributed by atoms with Gasteiger partial charge in [-0.3, -0.25) is 0 Å². The van der Waals surface area contributed by atoms with E-state index in [9.17, 15) is 9.50 Å². The number of phenols is 1. The highest BCUT2D eigenvalue weighted by Gasteiger charge is 2.56. The predicted octanol–water partition coefficient (Wildman–Crippen LogP) is 4.82. The lowest BCUT2D eigenvalue weighted by Crippen LogP contribution is -2.73. The predicted molar refractivity (Wildman–Crippen MR) is 139 cm³/mol. The number of benzene rings is 1. The number of methoxy groups -OCH3 is 1. The minimum absolute atomic E-state index is 0.0211. The summed E-state index contributed by atoms with van der Waals surface area (Å²) in [6.45, 7) is 4.19. The van der Waals surface area contributed by atoms with Gasteiger partial charge < -0.3 is 20.1 Å². The van der Waals surface area contributed by atoms with Crippen LogP contribution in [-0.2, 0) is 0 Å². The molecule has 4 heterocycles. The van der Waals surface area contributed by atoms with E-state index in [2.05, 4.69) is 37.3 Å². The molecular formula is C28H32F2N6O2. The zero-order valence-corrected chi connectivity index (χ0v) is 21.8. The molecule has 2 bridgehead atoms. The van der Waals surface area contributed by atoms with E-state index >= 15 is 4.39 Å². The Hall–Kier alpha value is -3.40. The Morgan fingerprint density at radius 3 is 2.58 bits per heavy atom. The van der Waals surface area contributed by atoms with Gasteiger partial charge in [0.2, 0.25) is 5.95 Å². The first-order valence-electron chi connectivity index (χ1n) is 13.1. The molecule has 2 N–H and O–H groups in total. The van der Waals surface area contributed by atoms with Gasteiger partial charge >= 0.3 is 0 Å². The molecule has 1 saturated carbocycles. The first kappa shape index (κ1) is 24.9. The minimum Gasteiger partial charge on any atom is -0.507 e. The van der Waals surface area contributed by atoms with Gasteiger partial charge in [0.15, 0.2) is 5.75 Å². The topological polar surface area (TPSA) is 96.3 Å². The molecule has 3 fully saturated rings. The highest BCUT2D eigenvalue weighted by Crippen LogP contribution is 2.46. The molecule has 0 unspecified atom stereocenters. The Morgan fingerprint density at radius 1 is 1.08 bits per heavy atom. The van der Waals surface area contributed by atoms with Crippen LogP contribution in [0.4, 0.5) is 14.7 Å². The summed E-state index contributed by atoms with van der Waals surface area (Å²) in [6, 6.07) is 6.45. The molecule has 6 rings (SSSR count). The molecule has 1 aliphatic carbocycles. The van der Waals surface area contributed by atoms with Crippen molar-refractivity contribution in [3.05, 3.63) is 42.6 Å². The Balaban J connectivity index is 1.27. The number of anilines is 1. The highest BCUT2D eigenvalue weighted by atomic mass is 19.1. The lowest BCUT2D eigenvalue weighted by molar-refractivity contribution is 0.0000874. The number of rotatable bonds is 6. The van der Waals surface area contributed by atoms with Gasteiger partial charge in [0, 0.05) is 34.4 Å². The van der Waals surface area contributed by atoms with Crippen molar-refractivity contribution in [3.63, 3.8) is 0 Å². The van der Waals surface area contributed by atoms with E-state index < -0.39 is 17.7 Å². The van der Waals surface area contributed by atoms with Crippen LogP contribution in [0.15, 0.2) is 36.7 Å². The summed E-state index contributed by atoms with van der Waals surface area (Å²) in [4.78, 5) is 10.4. The molecule has 4 atom stereocenters. The summed E-state index contributed by atoms with van der Waals surface area (Å²) in [5.41, 5.74) is 1.43. The van der Waals surface area contributed by atoms with E-state index in [0.29, 0.717) is 34.8 Å². The Kier molecular flexibility index (Phi) is 5.97. The first-order valence-corrected chi connectivity index (χ1v) is 13.1. The number of phenolic OH excluding ortho intramolecular Hbond substituents is 1. The third-order valence-corrected chi connectivity index (χ3v) is 8.33.